The average molecular weight is 449 g/mol. The molecule has 0 aliphatic heterocycles. The van der Waals surface area contributed by atoms with Crippen molar-refractivity contribution in [2.24, 2.45) is 0 Å². The Hall–Kier alpha value is -4.45. The van der Waals surface area contributed by atoms with Crippen LogP contribution in [0.15, 0.2) is 86.8 Å². The smallest absolute Gasteiger partial charge is 0.303 e. The number of carbonyl (C=O) groups is 1. The van der Waals surface area contributed by atoms with E-state index in [2.05, 4.69) is 0 Å². The van der Waals surface area contributed by atoms with Crippen LogP contribution in [0.4, 0.5) is 0 Å². The molecular weight excluding hydrogens is 430 g/mol. The molecule has 0 atom stereocenters. The normalized spacial score (nSPS) is 11.8. The molecule has 34 heavy (non-hydrogen) atoms. The van der Waals surface area contributed by atoms with Gasteiger partial charge in [-0.15, -0.1) is 0 Å². The molecule has 0 amide bonds. The highest BCUT2D eigenvalue weighted by molar-refractivity contribution is 6.26. The third kappa shape index (κ3) is 2.99. The van der Waals surface area contributed by atoms with Crippen LogP contribution in [0.3, 0.4) is 0 Å². The number of para-hydroxylation sites is 1. The van der Waals surface area contributed by atoms with Crippen LogP contribution in [0.1, 0.15) is 18.4 Å². The second-order valence-electron chi connectivity index (χ2n) is 8.48. The monoisotopic (exact) mass is 449 g/mol. The summed E-state index contributed by atoms with van der Waals surface area (Å²) in [5, 5.41) is 13.0. The van der Waals surface area contributed by atoms with Gasteiger partial charge in [-0.05, 0) is 60.2 Å². The number of carboxylic acid groups (broad SMARTS) is 1. The Morgan fingerprint density at radius 2 is 1.41 bits per heavy atom. The number of fused-ring (bicyclic) bond motifs is 2. The van der Waals surface area contributed by atoms with Crippen LogP contribution in [-0.4, -0.2) is 15.6 Å². The van der Waals surface area contributed by atoms with Crippen molar-refractivity contribution in [1.29, 1.82) is 0 Å². The summed E-state index contributed by atoms with van der Waals surface area (Å²) in [6.07, 6.45) is 1.24. The number of hydrogen-bond donors (Lipinski definition) is 1. The number of benzene rings is 4. The van der Waals surface area contributed by atoms with E-state index in [0.717, 1.165) is 27.3 Å². The molecule has 0 saturated heterocycles. The summed E-state index contributed by atoms with van der Waals surface area (Å²) in [5.74, 6) is -0.825. The summed E-state index contributed by atoms with van der Waals surface area (Å²) in [5.41, 5.74) is 2.07. The highest BCUT2D eigenvalue weighted by atomic mass is 16.4. The molecule has 0 aliphatic rings. The van der Waals surface area contributed by atoms with Crippen molar-refractivity contribution in [3.63, 3.8) is 0 Å². The zero-order valence-corrected chi connectivity index (χ0v) is 18.1. The van der Waals surface area contributed by atoms with Gasteiger partial charge in [-0.3, -0.25) is 14.4 Å². The Bertz CT molecular complexity index is 1810. The average Bonchev–Trinajstić information content (AvgIpc) is 2.84. The standard InChI is InChI=1S/C28H19NO5/c30-24(31)7-3-4-16-8-10-17(11-9-16)29-27(32)20-13-12-19-18-5-1-2-6-22(18)34-23-15-14-21(28(29)33)25(20)26(19)23/h1-2,5-6,8-15H,3-4,7H2,(H,30,31). The van der Waals surface area contributed by atoms with E-state index in [-0.39, 0.29) is 17.5 Å². The molecular formula is C28H19NO5. The molecule has 0 bridgehead atoms. The molecule has 0 aliphatic carbocycles. The molecule has 1 N–H and O–H groups in total. The van der Waals surface area contributed by atoms with Crippen LogP contribution < -0.4 is 11.1 Å². The zero-order chi connectivity index (χ0) is 23.4. The van der Waals surface area contributed by atoms with Crippen LogP contribution in [0.5, 0.6) is 0 Å². The lowest BCUT2D eigenvalue weighted by Crippen LogP contribution is -2.31. The second-order valence-corrected chi connectivity index (χ2v) is 8.48. The fraction of sp³-hybridized carbons (Fsp3) is 0.107. The van der Waals surface area contributed by atoms with E-state index in [1.165, 1.54) is 4.57 Å². The van der Waals surface area contributed by atoms with Crippen LogP contribution in [-0.2, 0) is 11.2 Å². The minimum absolute atomic E-state index is 0.101. The van der Waals surface area contributed by atoms with Gasteiger partial charge < -0.3 is 9.52 Å². The molecule has 2 aromatic heterocycles. The van der Waals surface area contributed by atoms with Gasteiger partial charge in [-0.2, -0.15) is 0 Å². The molecule has 6 heteroatoms. The lowest BCUT2D eigenvalue weighted by Gasteiger charge is -2.14. The summed E-state index contributed by atoms with van der Waals surface area (Å²) in [6.45, 7) is 0. The maximum absolute atomic E-state index is 13.5. The largest absolute Gasteiger partial charge is 0.481 e. The van der Waals surface area contributed by atoms with Gasteiger partial charge >= 0.3 is 5.97 Å². The van der Waals surface area contributed by atoms with E-state index in [9.17, 15) is 14.4 Å². The van der Waals surface area contributed by atoms with Crippen molar-refractivity contribution in [2.45, 2.75) is 19.3 Å². The highest BCUT2D eigenvalue weighted by Gasteiger charge is 2.19. The highest BCUT2D eigenvalue weighted by Crippen LogP contribution is 2.36. The molecule has 6 nitrogen and oxygen atoms in total. The molecule has 2 heterocycles. The van der Waals surface area contributed by atoms with Gasteiger partial charge in [0, 0.05) is 33.4 Å². The molecule has 166 valence electrons. The molecule has 0 radical (unpaired) electrons. The summed E-state index contributed by atoms with van der Waals surface area (Å²) in [4.78, 5) is 37.8. The van der Waals surface area contributed by atoms with Crippen LogP contribution in [0.25, 0.3) is 49.2 Å². The van der Waals surface area contributed by atoms with Gasteiger partial charge in [0.05, 0.1) is 5.69 Å². The van der Waals surface area contributed by atoms with Crippen LogP contribution >= 0.6 is 0 Å². The molecule has 0 unspecified atom stereocenters. The van der Waals surface area contributed by atoms with Gasteiger partial charge in [-0.25, -0.2) is 4.57 Å². The summed E-state index contributed by atoms with van der Waals surface area (Å²) in [6, 6.07) is 22.1. The Morgan fingerprint density at radius 3 is 2.15 bits per heavy atom. The number of carboxylic acids is 1. The fourth-order valence-electron chi connectivity index (χ4n) is 4.85. The van der Waals surface area contributed by atoms with Crippen molar-refractivity contribution < 1.29 is 14.3 Å². The van der Waals surface area contributed by atoms with Crippen molar-refractivity contribution in [3.8, 4) is 5.69 Å². The predicted octanol–water partition coefficient (Wildman–Crippen LogP) is 5.25. The first kappa shape index (κ1) is 20.2. The van der Waals surface area contributed by atoms with Crippen molar-refractivity contribution in [3.05, 3.63) is 99.1 Å². The maximum atomic E-state index is 13.5. The van der Waals surface area contributed by atoms with Crippen molar-refractivity contribution in [1.82, 2.24) is 4.57 Å². The molecule has 4 aromatic carbocycles. The minimum atomic E-state index is -0.825. The first-order valence-electron chi connectivity index (χ1n) is 11.1. The van der Waals surface area contributed by atoms with Gasteiger partial charge in [0.15, 0.2) is 0 Å². The molecule has 0 fully saturated rings. The Labute approximate surface area is 192 Å². The number of aliphatic carboxylic acids is 1. The zero-order valence-electron chi connectivity index (χ0n) is 18.1. The lowest BCUT2D eigenvalue weighted by atomic mass is 9.96. The van der Waals surface area contributed by atoms with Crippen LogP contribution in [0.2, 0.25) is 0 Å². The van der Waals surface area contributed by atoms with E-state index in [0.29, 0.717) is 40.3 Å². The number of aromatic nitrogens is 1. The summed E-state index contributed by atoms with van der Waals surface area (Å²) in [7, 11) is 0. The first-order chi connectivity index (χ1) is 16.5. The lowest BCUT2D eigenvalue weighted by molar-refractivity contribution is -0.137. The quantitative estimate of drug-likeness (QED) is 0.287. The molecule has 0 saturated carbocycles. The Balaban J connectivity index is 1.56. The van der Waals surface area contributed by atoms with Gasteiger partial charge in [0.2, 0.25) is 0 Å². The number of rotatable bonds is 5. The van der Waals surface area contributed by atoms with Crippen molar-refractivity contribution in [2.75, 3.05) is 0 Å². The molecule has 0 spiro atoms. The number of hydrogen-bond acceptors (Lipinski definition) is 4. The molecule has 6 aromatic rings. The Morgan fingerprint density at radius 1 is 0.735 bits per heavy atom. The number of aryl methyl sites for hydroxylation is 1. The maximum Gasteiger partial charge on any atom is 0.303 e. The third-order valence-corrected chi connectivity index (χ3v) is 6.44. The van der Waals surface area contributed by atoms with Gasteiger partial charge in [0.1, 0.15) is 11.2 Å². The topological polar surface area (TPSA) is 89.5 Å². The van der Waals surface area contributed by atoms with Crippen molar-refractivity contribution >= 4 is 49.5 Å². The van der Waals surface area contributed by atoms with E-state index in [1.54, 1.807) is 30.3 Å². The van der Waals surface area contributed by atoms with E-state index < -0.39 is 5.97 Å². The first-order valence-corrected chi connectivity index (χ1v) is 11.1. The van der Waals surface area contributed by atoms with Crippen LogP contribution in [0, 0.1) is 0 Å². The second kappa shape index (κ2) is 7.56. The predicted molar refractivity (Wildman–Crippen MR) is 132 cm³/mol. The fourth-order valence-corrected chi connectivity index (χ4v) is 4.85. The summed E-state index contributed by atoms with van der Waals surface area (Å²) >= 11 is 0. The minimum Gasteiger partial charge on any atom is -0.481 e. The van der Waals surface area contributed by atoms with Gasteiger partial charge in [0.25, 0.3) is 11.1 Å². The van der Waals surface area contributed by atoms with E-state index >= 15 is 0 Å². The van der Waals surface area contributed by atoms with E-state index in [1.807, 2.05) is 42.5 Å². The SMILES string of the molecule is O=C(O)CCCc1ccc(-n2c(=O)c3ccc4oc5ccccc5c5ccc(c2=O)c3c45)cc1. The van der Waals surface area contributed by atoms with Gasteiger partial charge in [-0.1, -0.05) is 36.4 Å². The van der Waals surface area contributed by atoms with E-state index in [4.69, 9.17) is 9.52 Å². The molecule has 6 rings (SSSR count). The number of pyridine rings is 1. The number of nitrogens with zero attached hydrogens (tertiary/aromatic N) is 1. The third-order valence-electron chi connectivity index (χ3n) is 6.44. The summed E-state index contributed by atoms with van der Waals surface area (Å²) < 4.78 is 7.30. The Kier molecular flexibility index (Phi) is 4.48.